The Balaban J connectivity index is 2.33. The lowest BCUT2D eigenvalue weighted by Crippen LogP contribution is -2.13. The Bertz CT molecular complexity index is 721. The maximum absolute atomic E-state index is 12.3. The number of ether oxygens (including phenoxy) is 1. The number of nitrogens with one attached hydrogen (secondary N) is 1. The van der Waals surface area contributed by atoms with Gasteiger partial charge >= 0.3 is 0 Å². The predicted molar refractivity (Wildman–Crippen MR) is 83.5 cm³/mol. The topological polar surface area (TPSA) is 81.5 Å². The highest BCUT2D eigenvalue weighted by Crippen LogP contribution is 2.29. The molecular formula is C16H16N2O4. The molecule has 114 valence electrons. The minimum atomic E-state index is -0.556. The van der Waals surface area contributed by atoms with Gasteiger partial charge in [0.15, 0.2) is 0 Å². The van der Waals surface area contributed by atoms with Crippen LogP contribution in [0.1, 0.15) is 21.5 Å². The van der Waals surface area contributed by atoms with Crippen molar-refractivity contribution in [3.05, 3.63) is 63.2 Å². The van der Waals surface area contributed by atoms with Gasteiger partial charge < -0.3 is 10.1 Å². The molecule has 0 saturated carbocycles. The largest absolute Gasteiger partial charge is 0.496 e. The molecule has 2 aromatic rings. The van der Waals surface area contributed by atoms with Gasteiger partial charge in [0.25, 0.3) is 11.6 Å². The fraction of sp³-hybridized carbons (Fsp3) is 0.188. The van der Waals surface area contributed by atoms with Crippen LogP contribution in [0.4, 0.5) is 11.4 Å². The number of methoxy groups -OCH3 is 1. The Morgan fingerprint density at radius 3 is 2.32 bits per heavy atom. The summed E-state index contributed by atoms with van der Waals surface area (Å²) >= 11 is 0. The zero-order valence-electron chi connectivity index (χ0n) is 12.5. The Morgan fingerprint density at radius 1 is 1.14 bits per heavy atom. The minimum absolute atomic E-state index is 0.134. The van der Waals surface area contributed by atoms with E-state index in [-0.39, 0.29) is 17.3 Å². The summed E-state index contributed by atoms with van der Waals surface area (Å²) in [5.41, 5.74) is 2.29. The van der Waals surface area contributed by atoms with Crippen LogP contribution in [-0.2, 0) is 0 Å². The van der Waals surface area contributed by atoms with Crippen LogP contribution in [0.3, 0.4) is 0 Å². The Hall–Kier alpha value is -2.89. The molecule has 0 spiro atoms. The highest BCUT2D eigenvalue weighted by atomic mass is 16.6. The van der Waals surface area contributed by atoms with Crippen molar-refractivity contribution in [3.8, 4) is 5.75 Å². The molecule has 0 heterocycles. The standard InChI is InChI=1S/C16H16N2O4/c1-10-6-11(2)8-12(7-10)16(19)17-14-5-4-13(22-3)9-15(14)18(20)21/h4-9H,1-3H3,(H,17,19). The molecule has 0 radical (unpaired) electrons. The minimum Gasteiger partial charge on any atom is -0.496 e. The van der Waals surface area contributed by atoms with Crippen LogP contribution < -0.4 is 10.1 Å². The summed E-state index contributed by atoms with van der Waals surface area (Å²) in [5.74, 6) is -0.0313. The molecular weight excluding hydrogens is 284 g/mol. The van der Waals surface area contributed by atoms with Crippen LogP contribution in [0.15, 0.2) is 36.4 Å². The van der Waals surface area contributed by atoms with E-state index < -0.39 is 4.92 Å². The summed E-state index contributed by atoms with van der Waals surface area (Å²) < 4.78 is 4.96. The fourth-order valence-electron chi connectivity index (χ4n) is 2.20. The van der Waals surface area contributed by atoms with E-state index in [1.807, 2.05) is 19.9 Å². The van der Waals surface area contributed by atoms with Gasteiger partial charge in [-0.05, 0) is 38.1 Å². The smallest absolute Gasteiger partial charge is 0.296 e. The summed E-state index contributed by atoms with van der Waals surface area (Å²) in [7, 11) is 1.42. The maximum atomic E-state index is 12.3. The number of rotatable bonds is 4. The zero-order valence-corrected chi connectivity index (χ0v) is 12.5. The average Bonchev–Trinajstić information content (AvgIpc) is 2.46. The number of nitro benzene ring substituents is 1. The molecule has 6 heteroatoms. The monoisotopic (exact) mass is 300 g/mol. The molecule has 1 amide bonds. The van der Waals surface area contributed by atoms with Crippen molar-refractivity contribution in [1.29, 1.82) is 0 Å². The number of nitro groups is 1. The zero-order chi connectivity index (χ0) is 16.3. The Kier molecular flexibility index (Phi) is 4.41. The number of benzene rings is 2. The number of anilines is 1. The highest BCUT2D eigenvalue weighted by molar-refractivity contribution is 6.05. The van der Waals surface area contributed by atoms with Crippen LogP contribution >= 0.6 is 0 Å². The second-order valence-corrected chi connectivity index (χ2v) is 4.97. The Morgan fingerprint density at radius 2 is 1.77 bits per heavy atom. The predicted octanol–water partition coefficient (Wildman–Crippen LogP) is 3.47. The SMILES string of the molecule is COc1ccc(NC(=O)c2cc(C)cc(C)c2)c([N+](=O)[O-])c1. The van der Waals surface area contributed by atoms with Gasteiger partial charge in [-0.2, -0.15) is 0 Å². The second-order valence-electron chi connectivity index (χ2n) is 4.97. The van der Waals surface area contributed by atoms with Crippen molar-refractivity contribution < 1.29 is 14.5 Å². The third-order valence-electron chi connectivity index (χ3n) is 3.13. The van der Waals surface area contributed by atoms with Crippen LogP contribution in [-0.4, -0.2) is 17.9 Å². The molecule has 22 heavy (non-hydrogen) atoms. The summed E-state index contributed by atoms with van der Waals surface area (Å²) in [6.45, 7) is 3.78. The van der Waals surface area contributed by atoms with Gasteiger partial charge in [0.1, 0.15) is 11.4 Å². The second kappa shape index (κ2) is 6.26. The first-order valence-electron chi connectivity index (χ1n) is 6.63. The first-order chi connectivity index (χ1) is 10.4. The molecule has 6 nitrogen and oxygen atoms in total. The number of carbonyl (C=O) groups excluding carboxylic acids is 1. The van der Waals surface area contributed by atoms with Crippen LogP contribution in [0.2, 0.25) is 0 Å². The number of carbonyl (C=O) groups is 1. The van der Waals surface area contributed by atoms with Crippen LogP contribution in [0.25, 0.3) is 0 Å². The first-order valence-corrected chi connectivity index (χ1v) is 6.63. The summed E-state index contributed by atoms with van der Waals surface area (Å²) in [6.07, 6.45) is 0. The molecule has 1 N–H and O–H groups in total. The fourth-order valence-corrected chi connectivity index (χ4v) is 2.20. The summed E-state index contributed by atoms with van der Waals surface area (Å²) in [5, 5.41) is 13.7. The van der Waals surface area contributed by atoms with E-state index in [2.05, 4.69) is 5.32 Å². The highest BCUT2D eigenvalue weighted by Gasteiger charge is 2.18. The van der Waals surface area contributed by atoms with Gasteiger partial charge in [0.2, 0.25) is 0 Å². The molecule has 0 bridgehead atoms. The third-order valence-corrected chi connectivity index (χ3v) is 3.13. The van der Waals surface area contributed by atoms with Gasteiger partial charge in [-0.15, -0.1) is 0 Å². The molecule has 2 rings (SSSR count). The van der Waals surface area contributed by atoms with Crippen LogP contribution in [0.5, 0.6) is 5.75 Å². The number of amides is 1. The lowest BCUT2D eigenvalue weighted by atomic mass is 10.1. The van der Waals surface area contributed by atoms with E-state index in [0.29, 0.717) is 11.3 Å². The van der Waals surface area contributed by atoms with Gasteiger partial charge in [0, 0.05) is 5.56 Å². The molecule has 0 unspecified atom stereocenters. The van der Waals surface area contributed by atoms with E-state index in [9.17, 15) is 14.9 Å². The lowest BCUT2D eigenvalue weighted by Gasteiger charge is -2.09. The maximum Gasteiger partial charge on any atom is 0.296 e. The molecule has 0 atom stereocenters. The average molecular weight is 300 g/mol. The van der Waals surface area contributed by atoms with Gasteiger partial charge in [-0.1, -0.05) is 17.2 Å². The molecule has 0 aliphatic carbocycles. The van der Waals surface area contributed by atoms with Crippen molar-refractivity contribution >= 4 is 17.3 Å². The molecule has 0 saturated heterocycles. The van der Waals surface area contributed by atoms with Gasteiger partial charge in [0.05, 0.1) is 18.1 Å². The van der Waals surface area contributed by atoms with Crippen molar-refractivity contribution in [1.82, 2.24) is 0 Å². The van der Waals surface area contributed by atoms with E-state index in [1.165, 1.54) is 19.2 Å². The lowest BCUT2D eigenvalue weighted by molar-refractivity contribution is -0.384. The van der Waals surface area contributed by atoms with E-state index >= 15 is 0 Å². The third kappa shape index (κ3) is 3.41. The molecule has 0 fully saturated rings. The van der Waals surface area contributed by atoms with E-state index in [4.69, 9.17) is 4.74 Å². The quantitative estimate of drug-likeness (QED) is 0.692. The summed E-state index contributed by atoms with van der Waals surface area (Å²) in [4.78, 5) is 22.8. The van der Waals surface area contributed by atoms with Gasteiger partial charge in [-0.25, -0.2) is 0 Å². The van der Waals surface area contributed by atoms with E-state index in [1.54, 1.807) is 18.2 Å². The van der Waals surface area contributed by atoms with Crippen molar-refractivity contribution in [2.45, 2.75) is 13.8 Å². The molecule has 0 aliphatic rings. The Labute approximate surface area is 127 Å². The van der Waals surface area contributed by atoms with Gasteiger partial charge in [-0.3, -0.25) is 14.9 Å². The van der Waals surface area contributed by atoms with Crippen molar-refractivity contribution in [2.24, 2.45) is 0 Å². The summed E-state index contributed by atoms with van der Waals surface area (Å²) in [6, 6.07) is 9.71. The molecule has 2 aromatic carbocycles. The number of nitrogens with zero attached hydrogens (tertiary/aromatic N) is 1. The van der Waals surface area contributed by atoms with E-state index in [0.717, 1.165) is 11.1 Å². The van der Waals surface area contributed by atoms with Crippen LogP contribution in [0, 0.1) is 24.0 Å². The number of aryl methyl sites for hydroxylation is 2. The number of hydrogen-bond acceptors (Lipinski definition) is 4. The van der Waals surface area contributed by atoms with Crippen molar-refractivity contribution in [3.63, 3.8) is 0 Å². The van der Waals surface area contributed by atoms with Crippen molar-refractivity contribution in [2.75, 3.05) is 12.4 Å². The number of hydrogen-bond donors (Lipinski definition) is 1. The molecule has 0 aromatic heterocycles. The first kappa shape index (κ1) is 15.5. The molecule has 0 aliphatic heterocycles. The normalized spacial score (nSPS) is 10.1.